The quantitative estimate of drug-likeness (QED) is 0.318. The lowest BCUT2D eigenvalue weighted by atomic mass is 10.0. The van der Waals surface area contributed by atoms with Crippen molar-refractivity contribution in [2.24, 2.45) is 5.10 Å². The third-order valence-corrected chi connectivity index (χ3v) is 4.88. The second kappa shape index (κ2) is 7.09. The van der Waals surface area contributed by atoms with Gasteiger partial charge >= 0.3 is 0 Å². The Morgan fingerprint density at radius 1 is 0.966 bits per heavy atom. The molecule has 2 aromatic heterocycles. The van der Waals surface area contributed by atoms with Crippen molar-refractivity contribution >= 4 is 33.8 Å². The fraction of sp³-hybridized carbons (Fsp3) is 0. The van der Waals surface area contributed by atoms with Gasteiger partial charge in [0.05, 0.1) is 11.9 Å². The number of benzene rings is 3. The molecule has 6 heteroatoms. The van der Waals surface area contributed by atoms with Crippen LogP contribution in [0, 0.1) is 0 Å². The number of hydrazone groups is 1. The van der Waals surface area contributed by atoms with Gasteiger partial charge in [-0.3, -0.25) is 9.89 Å². The van der Waals surface area contributed by atoms with E-state index in [9.17, 15) is 4.79 Å². The summed E-state index contributed by atoms with van der Waals surface area (Å²) in [7, 11) is 0. The van der Waals surface area contributed by atoms with Crippen LogP contribution in [0.4, 0.5) is 0 Å². The Labute approximate surface area is 166 Å². The molecule has 0 unspecified atom stereocenters. The van der Waals surface area contributed by atoms with Crippen LogP contribution in [-0.4, -0.2) is 27.3 Å². The average molecular weight is 379 g/mol. The minimum Gasteiger partial charge on any atom is -0.361 e. The molecule has 0 aliphatic rings. The molecule has 0 saturated heterocycles. The standard InChI is InChI=1S/C23H17N5O/c29-23(28-25-14-16-13-24-20-11-4-3-9-18(16)20)22-12-21(26-27-22)19-10-5-7-15-6-1-2-8-17(15)19/h1-14,24H,(H,26,27)(H,28,29)/b25-14-. The van der Waals surface area contributed by atoms with Crippen molar-refractivity contribution in [3.63, 3.8) is 0 Å². The van der Waals surface area contributed by atoms with E-state index in [4.69, 9.17) is 0 Å². The predicted octanol–water partition coefficient (Wildman–Crippen LogP) is 4.48. The van der Waals surface area contributed by atoms with Crippen LogP contribution >= 0.6 is 0 Å². The molecule has 0 fully saturated rings. The van der Waals surface area contributed by atoms with E-state index in [-0.39, 0.29) is 5.91 Å². The Morgan fingerprint density at radius 2 is 1.76 bits per heavy atom. The third kappa shape index (κ3) is 3.17. The first kappa shape index (κ1) is 16.9. The van der Waals surface area contributed by atoms with Gasteiger partial charge in [0.1, 0.15) is 5.69 Å². The summed E-state index contributed by atoms with van der Waals surface area (Å²) < 4.78 is 0. The summed E-state index contributed by atoms with van der Waals surface area (Å²) in [6, 6.07) is 23.8. The summed E-state index contributed by atoms with van der Waals surface area (Å²) in [5.41, 5.74) is 6.51. The van der Waals surface area contributed by atoms with E-state index in [1.807, 2.05) is 60.8 Å². The zero-order chi connectivity index (χ0) is 19.6. The topological polar surface area (TPSA) is 85.9 Å². The zero-order valence-corrected chi connectivity index (χ0v) is 15.4. The largest absolute Gasteiger partial charge is 0.361 e. The minimum absolute atomic E-state index is 0.347. The van der Waals surface area contributed by atoms with Crippen molar-refractivity contribution < 1.29 is 4.79 Å². The molecule has 6 nitrogen and oxygen atoms in total. The molecule has 29 heavy (non-hydrogen) atoms. The minimum atomic E-state index is -0.347. The number of nitrogens with zero attached hydrogens (tertiary/aromatic N) is 2. The smallest absolute Gasteiger partial charge is 0.289 e. The molecule has 5 rings (SSSR count). The highest BCUT2D eigenvalue weighted by Gasteiger charge is 2.12. The molecular formula is C23H17N5O. The van der Waals surface area contributed by atoms with Gasteiger partial charge in [-0.15, -0.1) is 0 Å². The predicted molar refractivity (Wildman–Crippen MR) is 115 cm³/mol. The van der Waals surface area contributed by atoms with Crippen LogP contribution in [0.5, 0.6) is 0 Å². The summed E-state index contributed by atoms with van der Waals surface area (Å²) in [6.07, 6.45) is 3.48. The number of H-pyrrole nitrogens is 2. The van der Waals surface area contributed by atoms with Crippen molar-refractivity contribution in [1.82, 2.24) is 20.6 Å². The maximum Gasteiger partial charge on any atom is 0.289 e. The molecule has 3 N–H and O–H groups in total. The van der Waals surface area contributed by atoms with Crippen molar-refractivity contribution in [3.05, 3.63) is 90.3 Å². The molecule has 140 valence electrons. The van der Waals surface area contributed by atoms with E-state index in [0.717, 1.165) is 32.8 Å². The van der Waals surface area contributed by atoms with Gasteiger partial charge in [0.15, 0.2) is 0 Å². The molecule has 0 radical (unpaired) electrons. The van der Waals surface area contributed by atoms with Gasteiger partial charge < -0.3 is 4.98 Å². The Balaban J connectivity index is 1.36. The molecule has 0 aliphatic heterocycles. The highest BCUT2D eigenvalue weighted by molar-refractivity contribution is 6.01. The maximum atomic E-state index is 12.4. The Hall–Kier alpha value is -4.19. The van der Waals surface area contributed by atoms with Gasteiger partial charge in [-0.25, -0.2) is 5.43 Å². The fourth-order valence-corrected chi connectivity index (χ4v) is 3.45. The molecule has 0 aliphatic carbocycles. The van der Waals surface area contributed by atoms with Crippen molar-refractivity contribution in [2.75, 3.05) is 0 Å². The number of carbonyl (C=O) groups excluding carboxylic acids is 1. The van der Waals surface area contributed by atoms with Gasteiger partial charge in [0, 0.05) is 28.2 Å². The summed E-state index contributed by atoms with van der Waals surface area (Å²) in [5.74, 6) is -0.347. The van der Waals surface area contributed by atoms with E-state index in [0.29, 0.717) is 11.4 Å². The van der Waals surface area contributed by atoms with E-state index in [2.05, 4.69) is 37.8 Å². The average Bonchev–Trinajstić information content (AvgIpc) is 3.41. The first-order valence-electron chi connectivity index (χ1n) is 9.23. The Morgan fingerprint density at radius 3 is 2.69 bits per heavy atom. The van der Waals surface area contributed by atoms with Gasteiger partial charge in [0.2, 0.25) is 0 Å². The van der Waals surface area contributed by atoms with E-state index >= 15 is 0 Å². The lowest BCUT2D eigenvalue weighted by molar-refractivity contribution is 0.0950. The number of carbonyl (C=O) groups is 1. The highest BCUT2D eigenvalue weighted by Crippen LogP contribution is 2.27. The number of nitrogens with one attached hydrogen (secondary N) is 3. The first-order valence-corrected chi connectivity index (χ1v) is 9.23. The molecule has 0 atom stereocenters. The lowest BCUT2D eigenvalue weighted by Gasteiger charge is -2.02. The molecule has 2 heterocycles. The molecule has 0 spiro atoms. The number of rotatable bonds is 4. The second-order valence-corrected chi connectivity index (χ2v) is 6.68. The number of para-hydroxylation sites is 1. The number of hydrogen-bond acceptors (Lipinski definition) is 3. The van der Waals surface area contributed by atoms with Crippen LogP contribution in [-0.2, 0) is 0 Å². The summed E-state index contributed by atoms with van der Waals surface area (Å²) in [6.45, 7) is 0. The van der Waals surface area contributed by atoms with Gasteiger partial charge in [-0.2, -0.15) is 10.2 Å². The Kier molecular flexibility index (Phi) is 4.14. The molecule has 1 amide bonds. The van der Waals surface area contributed by atoms with Gasteiger partial charge in [-0.1, -0.05) is 60.7 Å². The molecular weight excluding hydrogens is 362 g/mol. The number of aromatic amines is 2. The number of aromatic nitrogens is 3. The maximum absolute atomic E-state index is 12.4. The number of hydrogen-bond donors (Lipinski definition) is 3. The first-order chi connectivity index (χ1) is 14.3. The molecule has 5 aromatic rings. The molecule has 0 bridgehead atoms. The van der Waals surface area contributed by atoms with Crippen LogP contribution in [0.2, 0.25) is 0 Å². The fourth-order valence-electron chi connectivity index (χ4n) is 3.45. The van der Waals surface area contributed by atoms with Crippen LogP contribution in [0.25, 0.3) is 32.9 Å². The van der Waals surface area contributed by atoms with E-state index in [1.165, 1.54) is 0 Å². The van der Waals surface area contributed by atoms with Crippen LogP contribution in [0.15, 0.2) is 84.1 Å². The monoisotopic (exact) mass is 379 g/mol. The summed E-state index contributed by atoms with van der Waals surface area (Å²) in [4.78, 5) is 15.6. The van der Waals surface area contributed by atoms with Crippen LogP contribution in [0.1, 0.15) is 16.1 Å². The summed E-state index contributed by atoms with van der Waals surface area (Å²) in [5, 5.41) is 14.5. The number of amides is 1. The molecule has 0 saturated carbocycles. The van der Waals surface area contributed by atoms with E-state index < -0.39 is 0 Å². The second-order valence-electron chi connectivity index (χ2n) is 6.68. The van der Waals surface area contributed by atoms with E-state index in [1.54, 1.807) is 12.3 Å². The van der Waals surface area contributed by atoms with Gasteiger partial charge in [-0.05, 0) is 22.9 Å². The summed E-state index contributed by atoms with van der Waals surface area (Å²) >= 11 is 0. The van der Waals surface area contributed by atoms with Crippen molar-refractivity contribution in [2.45, 2.75) is 0 Å². The van der Waals surface area contributed by atoms with Crippen molar-refractivity contribution in [1.29, 1.82) is 0 Å². The highest BCUT2D eigenvalue weighted by atomic mass is 16.2. The number of fused-ring (bicyclic) bond motifs is 2. The SMILES string of the molecule is O=C(N/N=C\c1c[nH]c2ccccc12)c1cc(-c2cccc3ccccc23)n[nH]1. The van der Waals surface area contributed by atoms with Crippen molar-refractivity contribution in [3.8, 4) is 11.3 Å². The normalized spacial score (nSPS) is 11.4. The third-order valence-electron chi connectivity index (χ3n) is 4.88. The zero-order valence-electron chi connectivity index (χ0n) is 15.4. The van der Waals surface area contributed by atoms with Crippen LogP contribution < -0.4 is 5.43 Å². The Bertz CT molecular complexity index is 1360. The molecule has 3 aromatic carbocycles. The lowest BCUT2D eigenvalue weighted by Crippen LogP contribution is -2.17. The van der Waals surface area contributed by atoms with Gasteiger partial charge in [0.25, 0.3) is 5.91 Å². The van der Waals surface area contributed by atoms with Crippen LogP contribution in [0.3, 0.4) is 0 Å².